The quantitative estimate of drug-likeness (QED) is 0.689. The smallest absolute Gasteiger partial charge is 0.116 e. The van der Waals surface area contributed by atoms with E-state index in [0.29, 0.717) is 0 Å². The van der Waals surface area contributed by atoms with Gasteiger partial charge in [0.25, 0.3) is 0 Å². The van der Waals surface area contributed by atoms with Crippen molar-refractivity contribution in [2.45, 2.75) is 23.3 Å². The molecular formula is C18H22NOS+. The van der Waals surface area contributed by atoms with Crippen LogP contribution in [0, 0.1) is 0 Å². The SMILES string of the molecule is C[N+]1(Sc2ccccc2)CCC(c2ccccc2)C(O)C1. The minimum atomic E-state index is -0.276. The molecule has 0 spiro atoms. The Kier molecular flexibility index (Phi) is 4.34. The molecule has 0 aromatic heterocycles. The molecule has 110 valence electrons. The summed E-state index contributed by atoms with van der Waals surface area (Å²) in [5.74, 6) is 0.272. The number of likely N-dealkylation sites (tertiary alicyclic amines) is 1. The normalized spacial score (nSPS) is 29.2. The molecule has 1 aliphatic heterocycles. The van der Waals surface area contributed by atoms with Gasteiger partial charge in [0, 0.05) is 12.3 Å². The van der Waals surface area contributed by atoms with Crippen molar-refractivity contribution in [3.63, 3.8) is 0 Å². The van der Waals surface area contributed by atoms with E-state index in [9.17, 15) is 5.11 Å². The zero-order chi connectivity index (χ0) is 14.7. The first-order valence-electron chi connectivity index (χ1n) is 7.48. The van der Waals surface area contributed by atoms with Crippen molar-refractivity contribution in [3.8, 4) is 0 Å². The van der Waals surface area contributed by atoms with E-state index in [0.717, 1.165) is 23.4 Å². The second-order valence-electron chi connectivity index (χ2n) is 5.98. The van der Waals surface area contributed by atoms with Crippen LogP contribution in [0.4, 0.5) is 0 Å². The third-order valence-electron chi connectivity index (χ3n) is 4.25. The Morgan fingerprint density at radius 3 is 2.24 bits per heavy atom. The first kappa shape index (κ1) is 14.6. The van der Waals surface area contributed by atoms with Gasteiger partial charge in [-0.2, -0.15) is 0 Å². The summed E-state index contributed by atoms with van der Waals surface area (Å²) < 4.78 is 0.842. The predicted molar refractivity (Wildman–Crippen MR) is 88.0 cm³/mol. The first-order valence-corrected chi connectivity index (χ1v) is 8.26. The Hall–Kier alpha value is -1.29. The highest BCUT2D eigenvalue weighted by Gasteiger charge is 2.38. The number of hydrogen-bond donors (Lipinski definition) is 1. The summed E-state index contributed by atoms with van der Waals surface area (Å²) in [4.78, 5) is 1.27. The van der Waals surface area contributed by atoms with Gasteiger partial charge in [0.15, 0.2) is 0 Å². The lowest BCUT2D eigenvalue weighted by Gasteiger charge is -2.41. The van der Waals surface area contributed by atoms with E-state index in [1.807, 2.05) is 24.1 Å². The maximum Gasteiger partial charge on any atom is 0.116 e. The van der Waals surface area contributed by atoms with Gasteiger partial charge in [0.1, 0.15) is 24.6 Å². The Bertz CT molecular complexity index is 574. The molecule has 0 aliphatic carbocycles. The Morgan fingerprint density at radius 2 is 1.62 bits per heavy atom. The zero-order valence-corrected chi connectivity index (χ0v) is 13.2. The van der Waals surface area contributed by atoms with Gasteiger partial charge in [0.2, 0.25) is 0 Å². The average molecular weight is 300 g/mol. The van der Waals surface area contributed by atoms with Gasteiger partial charge in [-0.3, -0.25) is 3.89 Å². The summed E-state index contributed by atoms with van der Waals surface area (Å²) in [6, 6.07) is 20.9. The van der Waals surface area contributed by atoms with Crippen molar-refractivity contribution in [1.29, 1.82) is 0 Å². The first-order chi connectivity index (χ1) is 10.2. The lowest BCUT2D eigenvalue weighted by atomic mass is 9.87. The van der Waals surface area contributed by atoms with Crippen LogP contribution in [0.25, 0.3) is 0 Å². The molecule has 0 radical (unpaired) electrons. The molecule has 3 atom stereocenters. The number of rotatable bonds is 3. The Morgan fingerprint density at radius 1 is 1.00 bits per heavy atom. The number of nitrogens with zero attached hydrogens (tertiary/aromatic N) is 1. The molecule has 1 saturated heterocycles. The van der Waals surface area contributed by atoms with Crippen molar-refractivity contribution < 1.29 is 8.99 Å². The van der Waals surface area contributed by atoms with Gasteiger partial charge in [0.05, 0.1) is 18.5 Å². The molecule has 3 unspecified atom stereocenters. The van der Waals surface area contributed by atoms with Crippen LogP contribution in [-0.4, -0.2) is 35.2 Å². The van der Waals surface area contributed by atoms with Crippen LogP contribution in [0.1, 0.15) is 17.9 Å². The third-order valence-corrected chi connectivity index (χ3v) is 5.50. The largest absolute Gasteiger partial charge is 0.387 e. The van der Waals surface area contributed by atoms with Crippen LogP contribution >= 0.6 is 11.9 Å². The lowest BCUT2D eigenvalue weighted by molar-refractivity contribution is -0.785. The van der Waals surface area contributed by atoms with E-state index in [2.05, 4.69) is 55.6 Å². The topological polar surface area (TPSA) is 20.2 Å². The summed E-state index contributed by atoms with van der Waals surface area (Å²) in [7, 11) is 2.22. The molecule has 3 rings (SSSR count). The minimum absolute atomic E-state index is 0.272. The van der Waals surface area contributed by atoms with Gasteiger partial charge < -0.3 is 5.11 Å². The molecule has 1 aliphatic rings. The summed E-state index contributed by atoms with van der Waals surface area (Å²) in [6.45, 7) is 1.87. The summed E-state index contributed by atoms with van der Waals surface area (Å²) in [5, 5.41) is 10.6. The van der Waals surface area contributed by atoms with E-state index in [1.165, 1.54) is 10.5 Å². The maximum atomic E-state index is 10.6. The van der Waals surface area contributed by atoms with Crippen LogP contribution in [-0.2, 0) is 0 Å². The highest BCUT2D eigenvalue weighted by Crippen LogP contribution is 2.38. The number of aliphatic hydroxyl groups is 1. The number of likely N-dealkylation sites (N-methyl/N-ethyl adjacent to an activating group) is 1. The molecular weight excluding hydrogens is 278 g/mol. The molecule has 3 heteroatoms. The zero-order valence-electron chi connectivity index (χ0n) is 12.4. The summed E-state index contributed by atoms with van der Waals surface area (Å²) >= 11 is 1.85. The standard InChI is InChI=1S/C18H22NOS/c1-19(21-16-10-6-3-7-11-16)13-12-17(18(20)14-19)15-8-4-2-5-9-15/h2-11,17-18,20H,12-14H2,1H3/q+1. The predicted octanol–water partition coefficient (Wildman–Crippen LogP) is 3.69. The highest BCUT2D eigenvalue weighted by molar-refractivity contribution is 7.93. The molecule has 0 bridgehead atoms. The number of quaternary nitrogens is 1. The van der Waals surface area contributed by atoms with E-state index < -0.39 is 0 Å². The van der Waals surface area contributed by atoms with Crippen molar-refractivity contribution >= 4 is 11.9 Å². The number of benzene rings is 2. The number of aliphatic hydroxyl groups excluding tert-OH is 1. The summed E-state index contributed by atoms with van der Waals surface area (Å²) in [6.07, 6.45) is 0.754. The Balaban J connectivity index is 1.70. The highest BCUT2D eigenvalue weighted by atomic mass is 32.2. The fraction of sp³-hybridized carbons (Fsp3) is 0.333. The molecule has 2 aromatic carbocycles. The van der Waals surface area contributed by atoms with Gasteiger partial charge >= 0.3 is 0 Å². The molecule has 2 aromatic rings. The minimum Gasteiger partial charge on any atom is -0.387 e. The second kappa shape index (κ2) is 6.22. The van der Waals surface area contributed by atoms with Crippen LogP contribution in [0.2, 0.25) is 0 Å². The molecule has 21 heavy (non-hydrogen) atoms. The van der Waals surface area contributed by atoms with Gasteiger partial charge in [-0.1, -0.05) is 48.5 Å². The average Bonchev–Trinajstić information content (AvgIpc) is 2.49. The fourth-order valence-electron chi connectivity index (χ4n) is 3.13. The van der Waals surface area contributed by atoms with E-state index >= 15 is 0 Å². The molecule has 0 saturated carbocycles. The fourth-order valence-corrected chi connectivity index (χ4v) is 4.34. The lowest BCUT2D eigenvalue weighted by Crippen LogP contribution is -2.50. The number of piperidine rings is 1. The van der Waals surface area contributed by atoms with Crippen molar-refractivity contribution in [2.24, 2.45) is 0 Å². The number of hydrogen-bond acceptors (Lipinski definition) is 2. The summed E-state index contributed by atoms with van der Waals surface area (Å²) in [5.41, 5.74) is 1.26. The van der Waals surface area contributed by atoms with Gasteiger partial charge in [-0.05, 0) is 17.7 Å². The van der Waals surface area contributed by atoms with Crippen molar-refractivity contribution in [2.75, 3.05) is 20.1 Å². The molecule has 1 N–H and O–H groups in total. The molecule has 1 fully saturated rings. The third kappa shape index (κ3) is 3.49. The maximum absolute atomic E-state index is 10.6. The van der Waals surface area contributed by atoms with Crippen LogP contribution in [0.3, 0.4) is 0 Å². The molecule has 0 amide bonds. The van der Waals surface area contributed by atoms with E-state index in [-0.39, 0.29) is 12.0 Å². The van der Waals surface area contributed by atoms with Crippen molar-refractivity contribution in [1.82, 2.24) is 0 Å². The van der Waals surface area contributed by atoms with Gasteiger partial charge in [-0.25, -0.2) is 0 Å². The van der Waals surface area contributed by atoms with E-state index in [1.54, 1.807) is 0 Å². The van der Waals surface area contributed by atoms with Gasteiger partial charge in [-0.15, -0.1) is 0 Å². The van der Waals surface area contributed by atoms with Crippen LogP contribution in [0.15, 0.2) is 65.6 Å². The molecule has 1 heterocycles. The van der Waals surface area contributed by atoms with E-state index in [4.69, 9.17) is 0 Å². The monoisotopic (exact) mass is 300 g/mol. The van der Waals surface area contributed by atoms with Crippen molar-refractivity contribution in [3.05, 3.63) is 66.2 Å². The molecule has 2 nitrogen and oxygen atoms in total. The van der Waals surface area contributed by atoms with Crippen LogP contribution < -0.4 is 0 Å². The van der Waals surface area contributed by atoms with Crippen LogP contribution in [0.5, 0.6) is 0 Å². The Labute approximate surface area is 131 Å². The second-order valence-corrected chi connectivity index (χ2v) is 7.52.